The van der Waals surface area contributed by atoms with Gasteiger partial charge in [-0.15, -0.1) is 0 Å². The molecular weight excluding hydrogens is 166 g/mol. The van der Waals surface area contributed by atoms with Crippen molar-refractivity contribution >= 4 is 0 Å². The van der Waals surface area contributed by atoms with Crippen LogP contribution in [-0.2, 0) is 0 Å². The number of aliphatic hydroxyl groups excluding tert-OH is 2. The summed E-state index contributed by atoms with van der Waals surface area (Å²) in [5.74, 6) is 0. The van der Waals surface area contributed by atoms with Gasteiger partial charge in [0.05, 0.1) is 18.8 Å². The van der Waals surface area contributed by atoms with Gasteiger partial charge in [-0.2, -0.15) is 0 Å². The third kappa shape index (κ3) is 5.24. The van der Waals surface area contributed by atoms with E-state index in [0.717, 1.165) is 6.42 Å². The van der Waals surface area contributed by atoms with Crippen LogP contribution in [0.3, 0.4) is 0 Å². The van der Waals surface area contributed by atoms with Gasteiger partial charge in [0.1, 0.15) is 0 Å². The van der Waals surface area contributed by atoms with Crippen LogP contribution in [0, 0.1) is 0 Å². The van der Waals surface area contributed by atoms with E-state index in [2.05, 4.69) is 19.2 Å². The Morgan fingerprint density at radius 2 is 1.85 bits per heavy atom. The van der Waals surface area contributed by atoms with E-state index in [0.29, 0.717) is 6.04 Å². The highest BCUT2D eigenvalue weighted by atomic mass is 16.3. The van der Waals surface area contributed by atoms with Crippen LogP contribution in [0.1, 0.15) is 40.0 Å². The van der Waals surface area contributed by atoms with Crippen molar-refractivity contribution in [3.8, 4) is 0 Å². The maximum atomic E-state index is 9.04. The van der Waals surface area contributed by atoms with Crippen molar-refractivity contribution in [2.75, 3.05) is 13.2 Å². The van der Waals surface area contributed by atoms with Crippen LogP contribution < -0.4 is 5.32 Å². The number of hydrogen-bond donors (Lipinski definition) is 3. The standard InChI is InChI=1S/C10H23NO2/c1-4-5-6-9(2)11-10(3,7-12)8-13/h9,11-13H,4-8H2,1-3H3. The molecule has 0 amide bonds. The molecule has 0 radical (unpaired) electrons. The second-order valence-electron chi connectivity index (χ2n) is 4.06. The second kappa shape index (κ2) is 6.35. The van der Waals surface area contributed by atoms with Crippen molar-refractivity contribution in [1.82, 2.24) is 5.32 Å². The topological polar surface area (TPSA) is 52.5 Å². The van der Waals surface area contributed by atoms with E-state index in [4.69, 9.17) is 10.2 Å². The van der Waals surface area contributed by atoms with Crippen LogP contribution >= 0.6 is 0 Å². The van der Waals surface area contributed by atoms with Crippen molar-refractivity contribution < 1.29 is 10.2 Å². The molecule has 0 aromatic heterocycles. The number of aliphatic hydroxyl groups is 2. The Labute approximate surface area is 81.2 Å². The number of unbranched alkanes of at least 4 members (excludes halogenated alkanes) is 1. The lowest BCUT2D eigenvalue weighted by atomic mass is 10.0. The second-order valence-corrected chi connectivity index (χ2v) is 4.06. The van der Waals surface area contributed by atoms with Gasteiger partial charge < -0.3 is 15.5 Å². The minimum absolute atomic E-state index is 0.0278. The zero-order chi connectivity index (χ0) is 10.3. The smallest absolute Gasteiger partial charge is 0.0633 e. The van der Waals surface area contributed by atoms with Gasteiger partial charge in [0.2, 0.25) is 0 Å². The normalized spacial score (nSPS) is 14.5. The Hall–Kier alpha value is -0.120. The summed E-state index contributed by atoms with van der Waals surface area (Å²) in [4.78, 5) is 0. The Morgan fingerprint density at radius 1 is 1.31 bits per heavy atom. The minimum atomic E-state index is -0.535. The van der Waals surface area contributed by atoms with E-state index in [1.54, 1.807) is 0 Å². The zero-order valence-corrected chi connectivity index (χ0v) is 9.01. The van der Waals surface area contributed by atoms with Gasteiger partial charge >= 0.3 is 0 Å². The van der Waals surface area contributed by atoms with Gasteiger partial charge in [0, 0.05) is 6.04 Å². The molecule has 0 fully saturated rings. The summed E-state index contributed by atoms with van der Waals surface area (Å²) in [7, 11) is 0. The molecule has 13 heavy (non-hydrogen) atoms. The zero-order valence-electron chi connectivity index (χ0n) is 9.01. The van der Waals surface area contributed by atoms with Crippen molar-refractivity contribution in [1.29, 1.82) is 0 Å². The highest BCUT2D eigenvalue weighted by molar-refractivity contribution is 4.83. The molecule has 0 saturated heterocycles. The number of hydrogen-bond acceptors (Lipinski definition) is 3. The van der Waals surface area contributed by atoms with E-state index >= 15 is 0 Å². The third-order valence-electron chi connectivity index (χ3n) is 2.28. The summed E-state index contributed by atoms with van der Waals surface area (Å²) < 4.78 is 0. The summed E-state index contributed by atoms with van der Waals surface area (Å²) in [6.45, 7) is 6.01. The molecule has 3 N–H and O–H groups in total. The molecule has 0 bridgehead atoms. The molecule has 0 aromatic carbocycles. The maximum Gasteiger partial charge on any atom is 0.0633 e. The first-order chi connectivity index (χ1) is 6.08. The van der Waals surface area contributed by atoms with Gasteiger partial charge in [-0.3, -0.25) is 0 Å². The predicted octanol–water partition coefficient (Wildman–Crippen LogP) is 0.898. The van der Waals surface area contributed by atoms with Crippen molar-refractivity contribution in [3.63, 3.8) is 0 Å². The monoisotopic (exact) mass is 189 g/mol. The lowest BCUT2D eigenvalue weighted by Gasteiger charge is -2.30. The van der Waals surface area contributed by atoms with Crippen LogP contribution in [0.25, 0.3) is 0 Å². The first-order valence-electron chi connectivity index (χ1n) is 5.07. The molecule has 1 unspecified atom stereocenters. The third-order valence-corrected chi connectivity index (χ3v) is 2.28. The first-order valence-corrected chi connectivity index (χ1v) is 5.07. The summed E-state index contributed by atoms with van der Waals surface area (Å²) in [5.41, 5.74) is -0.535. The first kappa shape index (κ1) is 12.9. The van der Waals surface area contributed by atoms with Gasteiger partial charge in [0.25, 0.3) is 0 Å². The van der Waals surface area contributed by atoms with E-state index in [9.17, 15) is 0 Å². The lowest BCUT2D eigenvalue weighted by Crippen LogP contribution is -2.52. The van der Waals surface area contributed by atoms with Gasteiger partial charge in [0.15, 0.2) is 0 Å². The molecular formula is C10H23NO2. The van der Waals surface area contributed by atoms with Crippen molar-refractivity contribution in [2.45, 2.75) is 51.6 Å². The van der Waals surface area contributed by atoms with Gasteiger partial charge in [-0.05, 0) is 20.3 Å². The highest BCUT2D eigenvalue weighted by Crippen LogP contribution is 2.07. The average molecular weight is 189 g/mol. The predicted molar refractivity (Wildman–Crippen MR) is 54.7 cm³/mol. The van der Waals surface area contributed by atoms with E-state index in [-0.39, 0.29) is 13.2 Å². The quantitative estimate of drug-likeness (QED) is 0.557. The molecule has 0 saturated carbocycles. The minimum Gasteiger partial charge on any atom is -0.394 e. The van der Waals surface area contributed by atoms with Crippen molar-refractivity contribution in [2.24, 2.45) is 0 Å². The summed E-state index contributed by atoms with van der Waals surface area (Å²) in [6, 6.07) is 0.351. The summed E-state index contributed by atoms with van der Waals surface area (Å²) in [6.07, 6.45) is 3.45. The average Bonchev–Trinajstić information content (AvgIpc) is 2.14. The molecule has 80 valence electrons. The SMILES string of the molecule is CCCCC(C)NC(C)(CO)CO. The van der Waals surface area contributed by atoms with Gasteiger partial charge in [-0.1, -0.05) is 19.8 Å². The fourth-order valence-corrected chi connectivity index (χ4v) is 1.32. The number of rotatable bonds is 7. The molecule has 0 aromatic rings. The fraction of sp³-hybridized carbons (Fsp3) is 1.00. The van der Waals surface area contributed by atoms with Crippen LogP contribution in [0.5, 0.6) is 0 Å². The number of nitrogens with one attached hydrogen (secondary N) is 1. The molecule has 1 atom stereocenters. The molecule has 3 nitrogen and oxygen atoms in total. The molecule has 0 heterocycles. The van der Waals surface area contributed by atoms with E-state index < -0.39 is 5.54 Å². The van der Waals surface area contributed by atoms with Crippen molar-refractivity contribution in [3.05, 3.63) is 0 Å². The Kier molecular flexibility index (Phi) is 6.29. The summed E-state index contributed by atoms with van der Waals surface area (Å²) >= 11 is 0. The Bertz CT molecular complexity index is 124. The Morgan fingerprint density at radius 3 is 2.23 bits per heavy atom. The van der Waals surface area contributed by atoms with Crippen LogP contribution in [0.2, 0.25) is 0 Å². The lowest BCUT2D eigenvalue weighted by molar-refractivity contribution is 0.0944. The van der Waals surface area contributed by atoms with Crippen LogP contribution in [0.4, 0.5) is 0 Å². The molecule has 0 aliphatic carbocycles. The Balaban J connectivity index is 3.79. The molecule has 0 aliphatic rings. The maximum absolute atomic E-state index is 9.04. The molecule has 3 heteroatoms. The van der Waals surface area contributed by atoms with Crippen LogP contribution in [-0.4, -0.2) is 35.0 Å². The fourth-order valence-electron chi connectivity index (χ4n) is 1.32. The summed E-state index contributed by atoms with van der Waals surface area (Å²) in [5, 5.41) is 21.3. The van der Waals surface area contributed by atoms with Crippen LogP contribution in [0.15, 0.2) is 0 Å². The molecule has 0 rings (SSSR count). The molecule has 0 spiro atoms. The highest BCUT2D eigenvalue weighted by Gasteiger charge is 2.23. The largest absolute Gasteiger partial charge is 0.394 e. The molecule has 0 aliphatic heterocycles. The van der Waals surface area contributed by atoms with E-state index in [1.165, 1.54) is 12.8 Å². The van der Waals surface area contributed by atoms with E-state index in [1.807, 2.05) is 6.92 Å². The van der Waals surface area contributed by atoms with Gasteiger partial charge in [-0.25, -0.2) is 0 Å².